The van der Waals surface area contributed by atoms with Gasteiger partial charge in [-0.2, -0.15) is 0 Å². The van der Waals surface area contributed by atoms with Crippen molar-refractivity contribution < 1.29 is 19.1 Å². The van der Waals surface area contributed by atoms with E-state index in [-0.39, 0.29) is 18.6 Å². The molecular weight excluding hydrogens is 366 g/mol. The minimum atomic E-state index is -0.514. The van der Waals surface area contributed by atoms with Crippen LogP contribution in [0.4, 0.5) is 0 Å². The smallest absolute Gasteiger partial charge is 0.338 e. The molecule has 1 aliphatic carbocycles. The van der Waals surface area contributed by atoms with Crippen molar-refractivity contribution in [3.8, 4) is 5.75 Å². The third kappa shape index (κ3) is 6.08. The van der Waals surface area contributed by atoms with Crippen molar-refractivity contribution in [2.75, 3.05) is 6.61 Å². The first-order valence-electron chi connectivity index (χ1n) is 10.3. The molecule has 0 bridgehead atoms. The maximum Gasteiger partial charge on any atom is 0.338 e. The molecule has 2 aromatic carbocycles. The maximum atomic E-state index is 12.2. The van der Waals surface area contributed by atoms with Crippen LogP contribution >= 0.6 is 0 Å². The molecule has 2 aromatic rings. The fourth-order valence-electron chi connectivity index (χ4n) is 3.68. The predicted octanol–water partition coefficient (Wildman–Crippen LogP) is 4.36. The lowest BCUT2D eigenvalue weighted by Gasteiger charge is -2.34. The summed E-state index contributed by atoms with van der Waals surface area (Å²) in [6.07, 6.45) is 3.30. The highest BCUT2D eigenvalue weighted by Crippen LogP contribution is 2.29. The molecule has 0 unspecified atom stereocenters. The van der Waals surface area contributed by atoms with Gasteiger partial charge < -0.3 is 14.8 Å². The quantitative estimate of drug-likeness (QED) is 0.708. The van der Waals surface area contributed by atoms with E-state index < -0.39 is 5.97 Å². The Bertz CT molecular complexity index is 803. The van der Waals surface area contributed by atoms with Crippen molar-refractivity contribution in [3.05, 3.63) is 65.7 Å². The van der Waals surface area contributed by atoms with Gasteiger partial charge in [0.2, 0.25) is 0 Å². The second-order valence-electron chi connectivity index (χ2n) is 7.82. The van der Waals surface area contributed by atoms with Crippen LogP contribution < -0.4 is 10.1 Å². The van der Waals surface area contributed by atoms with Gasteiger partial charge in [-0.1, -0.05) is 57.0 Å². The molecule has 3 atom stereocenters. The number of esters is 1. The van der Waals surface area contributed by atoms with E-state index in [0.717, 1.165) is 18.4 Å². The molecule has 3 rings (SSSR count). The number of ether oxygens (including phenoxy) is 2. The van der Waals surface area contributed by atoms with Gasteiger partial charge in [-0.05, 0) is 48.1 Å². The monoisotopic (exact) mass is 395 g/mol. The maximum absolute atomic E-state index is 12.2. The van der Waals surface area contributed by atoms with Crippen molar-refractivity contribution in [1.29, 1.82) is 0 Å². The highest BCUT2D eigenvalue weighted by molar-refractivity contribution is 5.91. The molecule has 1 fully saturated rings. The summed E-state index contributed by atoms with van der Waals surface area (Å²) in [5, 5.41) is 3.01. The summed E-state index contributed by atoms with van der Waals surface area (Å²) >= 11 is 0. The molecule has 29 heavy (non-hydrogen) atoms. The molecule has 0 saturated heterocycles. The zero-order valence-corrected chi connectivity index (χ0v) is 17.1. The molecular formula is C24H29NO4. The number of amides is 1. The molecule has 0 heterocycles. The average molecular weight is 395 g/mol. The number of hydrogen-bond acceptors (Lipinski definition) is 4. The summed E-state index contributed by atoms with van der Waals surface area (Å²) in [5.41, 5.74) is 1.47. The Labute approximate surface area is 172 Å². The van der Waals surface area contributed by atoms with Crippen LogP contribution in [0.5, 0.6) is 5.75 Å². The second kappa shape index (κ2) is 10.1. The van der Waals surface area contributed by atoms with E-state index in [9.17, 15) is 9.59 Å². The third-order valence-corrected chi connectivity index (χ3v) is 5.73. The summed E-state index contributed by atoms with van der Waals surface area (Å²) in [7, 11) is 0. The fourth-order valence-corrected chi connectivity index (χ4v) is 3.68. The molecule has 0 radical (unpaired) electrons. The van der Waals surface area contributed by atoms with Gasteiger partial charge in [0.15, 0.2) is 6.61 Å². The fraction of sp³-hybridized carbons (Fsp3) is 0.417. The van der Waals surface area contributed by atoms with Crippen LogP contribution in [-0.2, 0) is 16.1 Å². The molecule has 1 aliphatic rings. The number of carbonyl (C=O) groups is 2. The van der Waals surface area contributed by atoms with E-state index in [1.165, 1.54) is 6.42 Å². The normalized spacial score (nSPS) is 21.2. The van der Waals surface area contributed by atoms with Crippen LogP contribution in [0.2, 0.25) is 0 Å². The Morgan fingerprint density at radius 2 is 1.72 bits per heavy atom. The van der Waals surface area contributed by atoms with Gasteiger partial charge in [0.25, 0.3) is 5.91 Å². The number of hydrogen-bond donors (Lipinski definition) is 1. The summed E-state index contributed by atoms with van der Waals surface area (Å²) in [5.74, 6) is 0.946. The first kappa shape index (κ1) is 20.9. The van der Waals surface area contributed by atoms with E-state index in [4.69, 9.17) is 9.47 Å². The summed E-state index contributed by atoms with van der Waals surface area (Å²) in [4.78, 5) is 24.4. The van der Waals surface area contributed by atoms with Crippen molar-refractivity contribution in [1.82, 2.24) is 5.32 Å². The Balaban J connectivity index is 1.43. The molecule has 5 nitrogen and oxygen atoms in total. The standard InChI is InChI=1S/C24H29NO4/c1-17-7-6-10-22(18(17)2)25-23(26)16-29-24(27)20-11-13-21(14-12-20)28-15-19-8-4-3-5-9-19/h3-5,8-9,11-14,17-18,22H,6-7,10,15-16H2,1-2H3,(H,25,26)/t17-,18+,22+/m0/s1. The SMILES string of the molecule is C[C@@H]1[C@@H](C)CCC[C@H]1NC(=O)COC(=O)c1ccc(OCc2ccccc2)cc1. The number of carbonyl (C=O) groups excluding carboxylic acids is 2. The van der Waals surface area contributed by atoms with Crippen molar-refractivity contribution in [2.45, 2.75) is 45.8 Å². The number of rotatable bonds is 7. The molecule has 0 aromatic heterocycles. The topological polar surface area (TPSA) is 64.6 Å². The van der Waals surface area contributed by atoms with Crippen molar-refractivity contribution in [2.24, 2.45) is 11.8 Å². The third-order valence-electron chi connectivity index (χ3n) is 5.73. The van der Waals surface area contributed by atoms with Crippen LogP contribution in [-0.4, -0.2) is 24.5 Å². The lowest BCUT2D eigenvalue weighted by molar-refractivity contribution is -0.125. The zero-order valence-electron chi connectivity index (χ0n) is 17.1. The van der Waals surface area contributed by atoms with Gasteiger partial charge in [-0.15, -0.1) is 0 Å². The van der Waals surface area contributed by atoms with E-state index in [1.807, 2.05) is 30.3 Å². The van der Waals surface area contributed by atoms with Gasteiger partial charge in [0, 0.05) is 6.04 Å². The molecule has 1 N–H and O–H groups in total. The first-order valence-corrected chi connectivity index (χ1v) is 10.3. The van der Waals surface area contributed by atoms with Crippen molar-refractivity contribution in [3.63, 3.8) is 0 Å². The van der Waals surface area contributed by atoms with E-state index in [0.29, 0.717) is 29.8 Å². The predicted molar refractivity (Wildman–Crippen MR) is 112 cm³/mol. The van der Waals surface area contributed by atoms with Gasteiger partial charge >= 0.3 is 5.97 Å². The summed E-state index contributed by atoms with van der Waals surface area (Å²) in [6, 6.07) is 16.8. The Morgan fingerprint density at radius 3 is 2.45 bits per heavy atom. The van der Waals surface area contributed by atoms with Crippen LogP contribution in [0, 0.1) is 11.8 Å². The van der Waals surface area contributed by atoms with Gasteiger partial charge in [-0.3, -0.25) is 4.79 Å². The summed E-state index contributed by atoms with van der Waals surface area (Å²) in [6.45, 7) is 4.59. The van der Waals surface area contributed by atoms with Crippen LogP contribution in [0.25, 0.3) is 0 Å². The molecule has 154 valence electrons. The minimum absolute atomic E-state index is 0.158. The highest BCUT2D eigenvalue weighted by Gasteiger charge is 2.28. The van der Waals surface area contributed by atoms with E-state index in [2.05, 4.69) is 19.2 Å². The molecule has 5 heteroatoms. The zero-order chi connectivity index (χ0) is 20.6. The highest BCUT2D eigenvalue weighted by atomic mass is 16.5. The minimum Gasteiger partial charge on any atom is -0.489 e. The molecule has 0 spiro atoms. The van der Waals surface area contributed by atoms with Gasteiger partial charge in [0.05, 0.1) is 5.56 Å². The lowest BCUT2D eigenvalue weighted by atomic mass is 9.78. The Kier molecular flexibility index (Phi) is 7.28. The Hall–Kier alpha value is -2.82. The first-order chi connectivity index (χ1) is 14.0. The van der Waals surface area contributed by atoms with E-state index in [1.54, 1.807) is 24.3 Å². The molecule has 1 saturated carbocycles. The second-order valence-corrected chi connectivity index (χ2v) is 7.82. The van der Waals surface area contributed by atoms with Gasteiger partial charge in [-0.25, -0.2) is 4.79 Å². The largest absolute Gasteiger partial charge is 0.489 e. The molecule has 0 aliphatic heterocycles. The van der Waals surface area contributed by atoms with Crippen LogP contribution in [0.3, 0.4) is 0 Å². The van der Waals surface area contributed by atoms with Gasteiger partial charge in [0.1, 0.15) is 12.4 Å². The average Bonchev–Trinajstić information content (AvgIpc) is 2.75. The summed E-state index contributed by atoms with van der Waals surface area (Å²) < 4.78 is 10.9. The Morgan fingerprint density at radius 1 is 1.00 bits per heavy atom. The number of nitrogens with one attached hydrogen (secondary N) is 1. The van der Waals surface area contributed by atoms with E-state index >= 15 is 0 Å². The van der Waals surface area contributed by atoms with Crippen LogP contribution in [0.15, 0.2) is 54.6 Å². The number of benzene rings is 2. The van der Waals surface area contributed by atoms with Crippen LogP contribution in [0.1, 0.15) is 49.0 Å². The lowest BCUT2D eigenvalue weighted by Crippen LogP contribution is -2.45. The molecule has 1 amide bonds. The van der Waals surface area contributed by atoms with Crippen molar-refractivity contribution >= 4 is 11.9 Å².